The minimum absolute atomic E-state index is 0.673. The first-order valence-electron chi connectivity index (χ1n) is 8.09. The van der Waals surface area contributed by atoms with E-state index in [1.807, 2.05) is 0 Å². The van der Waals surface area contributed by atoms with Gasteiger partial charge in [0.05, 0.1) is 0 Å². The van der Waals surface area contributed by atoms with E-state index in [9.17, 15) is 0 Å². The molecule has 1 rings (SSSR count). The van der Waals surface area contributed by atoms with Crippen molar-refractivity contribution in [1.29, 1.82) is 0 Å². The van der Waals surface area contributed by atoms with Crippen LogP contribution in [0.15, 0.2) is 18.2 Å². The van der Waals surface area contributed by atoms with E-state index in [4.69, 9.17) is 13.3 Å². The molecule has 0 unspecified atom stereocenters. The molecule has 0 aliphatic rings. The van der Waals surface area contributed by atoms with Crippen molar-refractivity contribution in [2.75, 3.05) is 19.8 Å². The molecule has 0 aliphatic heterocycles. The SMILES string of the molecule is CCCO[Si](OCCC)(OCCC)c1ccc(C)c(C)c1. The minimum Gasteiger partial charge on any atom is -0.370 e. The Kier molecular flexibility index (Phi) is 8.18. The lowest BCUT2D eigenvalue weighted by Crippen LogP contribution is -2.57. The van der Waals surface area contributed by atoms with Crippen molar-refractivity contribution in [2.45, 2.75) is 53.9 Å². The highest BCUT2D eigenvalue weighted by Crippen LogP contribution is 2.15. The van der Waals surface area contributed by atoms with Crippen molar-refractivity contribution >= 4 is 14.0 Å². The van der Waals surface area contributed by atoms with Gasteiger partial charge in [-0.2, -0.15) is 0 Å². The van der Waals surface area contributed by atoms with Gasteiger partial charge in [-0.15, -0.1) is 0 Å². The molecule has 0 heterocycles. The third-order valence-corrected chi connectivity index (χ3v) is 6.12. The largest absolute Gasteiger partial charge is 0.537 e. The van der Waals surface area contributed by atoms with E-state index in [1.54, 1.807) is 0 Å². The van der Waals surface area contributed by atoms with Gasteiger partial charge >= 0.3 is 8.80 Å². The summed E-state index contributed by atoms with van der Waals surface area (Å²) >= 11 is 0. The van der Waals surface area contributed by atoms with Gasteiger partial charge < -0.3 is 13.3 Å². The zero-order valence-corrected chi connectivity index (χ0v) is 15.2. The third-order valence-electron chi connectivity index (χ3n) is 3.35. The summed E-state index contributed by atoms with van der Waals surface area (Å²) in [5, 5.41) is 1.08. The van der Waals surface area contributed by atoms with Crippen LogP contribution in [0.4, 0.5) is 0 Å². The van der Waals surface area contributed by atoms with Gasteiger partial charge in [-0.3, -0.25) is 0 Å². The van der Waals surface area contributed by atoms with Gasteiger partial charge in [0.25, 0.3) is 0 Å². The van der Waals surface area contributed by atoms with Crippen molar-refractivity contribution in [3.05, 3.63) is 29.3 Å². The fraction of sp³-hybridized carbons (Fsp3) is 0.647. The van der Waals surface area contributed by atoms with Crippen LogP contribution in [0, 0.1) is 13.8 Å². The average Bonchev–Trinajstić information content (AvgIpc) is 2.50. The fourth-order valence-electron chi connectivity index (χ4n) is 2.02. The molecule has 0 saturated heterocycles. The first kappa shape index (κ1) is 18.4. The molecule has 1 aromatic carbocycles. The summed E-state index contributed by atoms with van der Waals surface area (Å²) in [5.74, 6) is 0. The molecule has 0 amide bonds. The monoisotopic (exact) mass is 310 g/mol. The second-order valence-electron chi connectivity index (χ2n) is 5.40. The van der Waals surface area contributed by atoms with Crippen molar-refractivity contribution in [1.82, 2.24) is 0 Å². The molecule has 3 nitrogen and oxygen atoms in total. The van der Waals surface area contributed by atoms with Crippen LogP contribution < -0.4 is 5.19 Å². The highest BCUT2D eigenvalue weighted by Gasteiger charge is 2.43. The Bertz CT molecular complexity index is 399. The van der Waals surface area contributed by atoms with Gasteiger partial charge in [-0.25, -0.2) is 0 Å². The van der Waals surface area contributed by atoms with Gasteiger partial charge in [0.1, 0.15) is 0 Å². The van der Waals surface area contributed by atoms with E-state index in [1.165, 1.54) is 11.1 Å². The molecule has 0 aromatic heterocycles. The first-order chi connectivity index (χ1) is 10.1. The minimum atomic E-state index is -2.79. The van der Waals surface area contributed by atoms with Gasteiger partial charge in [0.15, 0.2) is 0 Å². The first-order valence-corrected chi connectivity index (χ1v) is 9.81. The zero-order chi connectivity index (χ0) is 15.7. The summed E-state index contributed by atoms with van der Waals surface area (Å²) in [4.78, 5) is 0. The highest BCUT2D eigenvalue weighted by atomic mass is 28.4. The van der Waals surface area contributed by atoms with Crippen molar-refractivity contribution in [3.8, 4) is 0 Å². The number of hydrogen-bond donors (Lipinski definition) is 0. The maximum absolute atomic E-state index is 6.16. The average molecular weight is 311 g/mol. The number of rotatable bonds is 10. The maximum atomic E-state index is 6.16. The van der Waals surface area contributed by atoms with Gasteiger partial charge in [-0.1, -0.05) is 39.0 Å². The molecule has 0 spiro atoms. The molecule has 0 atom stereocenters. The Morgan fingerprint density at radius 1 is 0.762 bits per heavy atom. The molecule has 1 aromatic rings. The van der Waals surface area contributed by atoms with Crippen LogP contribution in [0.5, 0.6) is 0 Å². The van der Waals surface area contributed by atoms with Crippen LogP contribution in [0.1, 0.15) is 51.2 Å². The summed E-state index contributed by atoms with van der Waals surface area (Å²) in [6.45, 7) is 12.6. The van der Waals surface area contributed by atoms with Crippen molar-refractivity contribution in [3.63, 3.8) is 0 Å². The van der Waals surface area contributed by atoms with Crippen molar-refractivity contribution < 1.29 is 13.3 Å². The molecular formula is C17H30O3Si. The van der Waals surface area contributed by atoms with Gasteiger partial charge in [0.2, 0.25) is 0 Å². The maximum Gasteiger partial charge on any atom is 0.537 e. The molecular weight excluding hydrogens is 280 g/mol. The Labute approximate surface area is 131 Å². The van der Waals surface area contributed by atoms with Crippen molar-refractivity contribution in [2.24, 2.45) is 0 Å². The Hall–Kier alpha value is -0.683. The summed E-state index contributed by atoms with van der Waals surface area (Å²) in [6.07, 6.45) is 2.89. The lowest BCUT2D eigenvalue weighted by molar-refractivity contribution is 0.0732. The zero-order valence-electron chi connectivity index (χ0n) is 14.2. The molecule has 21 heavy (non-hydrogen) atoms. The number of benzene rings is 1. The van der Waals surface area contributed by atoms with E-state index >= 15 is 0 Å². The normalized spacial score (nSPS) is 11.9. The van der Waals surface area contributed by atoms with Crippen LogP contribution in [-0.2, 0) is 13.3 Å². The summed E-state index contributed by atoms with van der Waals surface area (Å²) in [7, 11) is -2.79. The second-order valence-corrected chi connectivity index (χ2v) is 7.96. The van der Waals surface area contributed by atoms with Crippen LogP contribution in [0.2, 0.25) is 0 Å². The molecule has 120 valence electrons. The standard InChI is InChI=1S/C17H30O3Si/c1-6-11-18-21(19-12-7-2,20-13-8-3)17-10-9-15(4)16(5)14-17/h9-10,14H,6-8,11-13H2,1-5H3. The van der Waals surface area contributed by atoms with E-state index < -0.39 is 8.80 Å². The highest BCUT2D eigenvalue weighted by molar-refractivity contribution is 6.75. The Balaban J connectivity index is 3.12. The molecule has 0 saturated carbocycles. The summed E-state index contributed by atoms with van der Waals surface area (Å²) < 4.78 is 18.5. The van der Waals surface area contributed by atoms with Crippen LogP contribution in [0.25, 0.3) is 0 Å². The van der Waals surface area contributed by atoms with Crippen LogP contribution in [0.3, 0.4) is 0 Å². The van der Waals surface area contributed by atoms with E-state index in [2.05, 4.69) is 52.8 Å². The predicted octanol–water partition coefficient (Wildman–Crippen LogP) is 3.73. The Morgan fingerprint density at radius 3 is 1.62 bits per heavy atom. The number of hydrogen-bond acceptors (Lipinski definition) is 3. The lowest BCUT2D eigenvalue weighted by Gasteiger charge is -2.30. The molecule has 4 heteroatoms. The van der Waals surface area contributed by atoms with E-state index in [0.717, 1.165) is 24.4 Å². The predicted molar refractivity (Wildman–Crippen MR) is 90.0 cm³/mol. The van der Waals surface area contributed by atoms with Crippen LogP contribution in [-0.4, -0.2) is 28.6 Å². The fourth-order valence-corrected chi connectivity index (χ4v) is 4.87. The number of aryl methyl sites for hydroxylation is 2. The molecule has 0 aliphatic carbocycles. The molecule has 0 radical (unpaired) electrons. The third kappa shape index (κ3) is 5.22. The molecule has 0 fully saturated rings. The lowest BCUT2D eigenvalue weighted by atomic mass is 10.1. The smallest absolute Gasteiger partial charge is 0.370 e. The summed E-state index contributed by atoms with van der Waals surface area (Å²) in [5.41, 5.74) is 2.53. The molecule has 0 N–H and O–H groups in total. The van der Waals surface area contributed by atoms with Crippen LogP contribution >= 0.6 is 0 Å². The quantitative estimate of drug-likeness (QED) is 0.616. The summed E-state index contributed by atoms with van der Waals surface area (Å²) in [6, 6.07) is 6.41. The Morgan fingerprint density at radius 2 is 1.24 bits per heavy atom. The molecule has 0 bridgehead atoms. The second kappa shape index (κ2) is 9.36. The van der Waals surface area contributed by atoms with Gasteiger partial charge in [0, 0.05) is 25.0 Å². The topological polar surface area (TPSA) is 27.7 Å². The van der Waals surface area contributed by atoms with E-state index in [0.29, 0.717) is 19.8 Å². The van der Waals surface area contributed by atoms with Gasteiger partial charge in [-0.05, 0) is 44.2 Å². The van der Waals surface area contributed by atoms with E-state index in [-0.39, 0.29) is 0 Å².